The molecule has 0 aromatic carbocycles. The highest BCUT2D eigenvalue weighted by molar-refractivity contribution is 5.85. The Morgan fingerprint density at radius 2 is 1.85 bits per heavy atom. The molecular weight excluding hydrogens is 508 g/mol. The maximum Gasteiger partial charge on any atom is 0.213 e. The van der Waals surface area contributed by atoms with Crippen molar-refractivity contribution >= 4 is 11.3 Å². The van der Waals surface area contributed by atoms with E-state index in [0.717, 1.165) is 48.4 Å². The van der Waals surface area contributed by atoms with Crippen molar-refractivity contribution in [3.05, 3.63) is 60.7 Å². The van der Waals surface area contributed by atoms with Crippen molar-refractivity contribution in [2.75, 3.05) is 18.6 Å². The molecule has 6 rings (SSSR count). The number of pyridine rings is 3. The molecule has 0 saturated carbocycles. The summed E-state index contributed by atoms with van der Waals surface area (Å²) in [6, 6.07) is 12.6. The van der Waals surface area contributed by atoms with Gasteiger partial charge in [-0.15, -0.1) is 0 Å². The van der Waals surface area contributed by atoms with Crippen LogP contribution in [0.1, 0.15) is 45.1 Å². The van der Waals surface area contributed by atoms with Gasteiger partial charge in [-0.25, -0.2) is 14.5 Å². The molecule has 4 aromatic rings. The average molecular weight is 541 g/mol. The van der Waals surface area contributed by atoms with Crippen LogP contribution in [0.15, 0.2) is 55.1 Å². The molecule has 40 heavy (non-hydrogen) atoms. The van der Waals surface area contributed by atoms with Gasteiger partial charge in [0.25, 0.3) is 0 Å². The molecule has 4 aromatic heterocycles. The molecule has 1 N–H and O–H groups in total. The van der Waals surface area contributed by atoms with Gasteiger partial charge in [-0.05, 0) is 51.0 Å². The van der Waals surface area contributed by atoms with Gasteiger partial charge in [0, 0.05) is 48.3 Å². The van der Waals surface area contributed by atoms with E-state index >= 15 is 0 Å². The van der Waals surface area contributed by atoms with Gasteiger partial charge < -0.3 is 24.2 Å². The summed E-state index contributed by atoms with van der Waals surface area (Å²) in [5, 5.41) is 24.1. The molecular formula is C30H32N6O4. The van der Waals surface area contributed by atoms with Gasteiger partial charge in [-0.1, -0.05) is 0 Å². The first-order valence-electron chi connectivity index (χ1n) is 13.5. The highest BCUT2D eigenvalue weighted by atomic mass is 16.5. The van der Waals surface area contributed by atoms with Gasteiger partial charge >= 0.3 is 0 Å². The summed E-state index contributed by atoms with van der Waals surface area (Å²) in [6.07, 6.45) is 11.0. The molecule has 2 bridgehead atoms. The summed E-state index contributed by atoms with van der Waals surface area (Å²) in [6.45, 7) is 3.50. The van der Waals surface area contributed by atoms with Gasteiger partial charge in [-0.2, -0.15) is 10.4 Å². The molecule has 0 aliphatic carbocycles. The Balaban J connectivity index is 1.22. The lowest BCUT2D eigenvalue weighted by Gasteiger charge is -2.39. The fraction of sp³-hybridized carbons (Fsp3) is 0.400. The molecule has 206 valence electrons. The molecule has 2 saturated heterocycles. The van der Waals surface area contributed by atoms with Gasteiger partial charge in [0.1, 0.15) is 36.1 Å². The summed E-state index contributed by atoms with van der Waals surface area (Å²) in [5.41, 5.74) is 1.84. The number of rotatable bonds is 8. The zero-order chi connectivity index (χ0) is 27.9. The van der Waals surface area contributed by atoms with Crippen LogP contribution in [0, 0.1) is 11.3 Å². The van der Waals surface area contributed by atoms with E-state index in [1.165, 1.54) is 0 Å². The molecule has 10 nitrogen and oxygen atoms in total. The second-order valence-electron chi connectivity index (χ2n) is 11.1. The van der Waals surface area contributed by atoms with Gasteiger partial charge in [-0.3, -0.25) is 0 Å². The van der Waals surface area contributed by atoms with E-state index in [1.54, 1.807) is 44.1 Å². The predicted octanol–water partition coefficient (Wildman–Crippen LogP) is 4.40. The Hall–Kier alpha value is -4.36. The second kappa shape index (κ2) is 10.3. The Morgan fingerprint density at radius 3 is 2.48 bits per heavy atom. The number of piperidine rings is 1. The summed E-state index contributed by atoms with van der Waals surface area (Å²) in [7, 11) is 1.60. The third-order valence-corrected chi connectivity index (χ3v) is 7.53. The predicted molar refractivity (Wildman–Crippen MR) is 149 cm³/mol. The minimum absolute atomic E-state index is 0.124. The van der Waals surface area contributed by atoms with E-state index in [-0.39, 0.29) is 12.7 Å². The number of aliphatic hydroxyl groups is 1. The number of ether oxygens (including phenoxy) is 3. The van der Waals surface area contributed by atoms with Crippen LogP contribution >= 0.6 is 0 Å². The molecule has 2 fully saturated rings. The molecule has 10 heteroatoms. The van der Waals surface area contributed by atoms with Crippen LogP contribution < -0.4 is 19.1 Å². The molecule has 2 aliphatic rings. The molecule has 2 aliphatic heterocycles. The minimum Gasteiger partial charge on any atom is -0.489 e. The lowest BCUT2D eigenvalue weighted by molar-refractivity contribution is 0.0283. The maximum absolute atomic E-state index is 10.1. The van der Waals surface area contributed by atoms with Crippen LogP contribution in [0.4, 0.5) is 5.82 Å². The van der Waals surface area contributed by atoms with Crippen LogP contribution in [0.3, 0.4) is 0 Å². The van der Waals surface area contributed by atoms with Crippen molar-refractivity contribution in [1.82, 2.24) is 19.6 Å². The van der Waals surface area contributed by atoms with Crippen molar-refractivity contribution in [3.63, 3.8) is 0 Å². The van der Waals surface area contributed by atoms with Gasteiger partial charge in [0.2, 0.25) is 5.88 Å². The van der Waals surface area contributed by atoms with Crippen molar-refractivity contribution < 1.29 is 19.3 Å². The number of nitriles is 1. The Kier molecular flexibility index (Phi) is 6.68. The van der Waals surface area contributed by atoms with Crippen LogP contribution in [0.5, 0.6) is 17.4 Å². The van der Waals surface area contributed by atoms with E-state index in [2.05, 4.69) is 27.1 Å². The zero-order valence-electron chi connectivity index (χ0n) is 22.8. The molecule has 0 spiro atoms. The highest BCUT2D eigenvalue weighted by Gasteiger charge is 2.42. The largest absolute Gasteiger partial charge is 0.489 e. The first-order valence-corrected chi connectivity index (χ1v) is 13.5. The van der Waals surface area contributed by atoms with E-state index in [0.29, 0.717) is 34.8 Å². The summed E-state index contributed by atoms with van der Waals surface area (Å²) in [4.78, 5) is 11.6. The first-order chi connectivity index (χ1) is 19.3. The number of hydrogen-bond donors (Lipinski definition) is 1. The summed E-state index contributed by atoms with van der Waals surface area (Å²) in [5.74, 6) is 2.83. The third-order valence-electron chi connectivity index (χ3n) is 7.53. The van der Waals surface area contributed by atoms with Gasteiger partial charge in [0.15, 0.2) is 0 Å². The van der Waals surface area contributed by atoms with Crippen LogP contribution in [-0.2, 0) is 0 Å². The minimum atomic E-state index is -0.983. The fourth-order valence-corrected chi connectivity index (χ4v) is 5.78. The number of fused-ring (bicyclic) bond motifs is 3. The van der Waals surface area contributed by atoms with Crippen molar-refractivity contribution in [2.45, 2.75) is 63.3 Å². The van der Waals surface area contributed by atoms with E-state index in [4.69, 9.17) is 19.2 Å². The first kappa shape index (κ1) is 25.9. The van der Waals surface area contributed by atoms with Crippen molar-refractivity contribution in [2.24, 2.45) is 0 Å². The molecule has 6 heterocycles. The van der Waals surface area contributed by atoms with E-state index in [1.807, 2.05) is 30.5 Å². The standard InChI is InChI=1S/C30H32N6O4/c1-30(2,37)18-39-25-12-26(29-20(13-31)15-34-35(29)17-25)19-4-8-27(32-14-19)36-21-5-6-22(36)11-24(10-21)40-23-7-9-28(38-3)33-16-23/h4,7-9,12,14-17,21-22,24,37H,5-6,10-11,18H2,1-3H3/t21-,22+,24?. The van der Waals surface area contributed by atoms with Crippen molar-refractivity contribution in [1.29, 1.82) is 5.26 Å². The maximum atomic E-state index is 10.1. The molecule has 3 atom stereocenters. The topological polar surface area (TPSA) is 118 Å². The number of hydrogen-bond acceptors (Lipinski definition) is 9. The summed E-state index contributed by atoms with van der Waals surface area (Å²) < 4.78 is 18.9. The molecule has 0 amide bonds. The zero-order valence-corrected chi connectivity index (χ0v) is 22.8. The SMILES string of the molecule is COc1ccc(OC2C[C@H]3CC[C@@H](C2)N3c2ccc(-c3cc(OCC(C)(C)O)cn4ncc(C#N)c34)cn2)cn1. The van der Waals surface area contributed by atoms with Crippen LogP contribution in [0.2, 0.25) is 0 Å². The third kappa shape index (κ3) is 5.12. The highest BCUT2D eigenvalue weighted by Crippen LogP contribution is 2.40. The fourth-order valence-electron chi connectivity index (χ4n) is 5.78. The molecule has 1 unspecified atom stereocenters. The van der Waals surface area contributed by atoms with Crippen molar-refractivity contribution in [3.8, 4) is 34.6 Å². The Labute approximate surface area is 232 Å². The van der Waals surface area contributed by atoms with Gasteiger partial charge in [0.05, 0.1) is 42.4 Å². The lowest BCUT2D eigenvalue weighted by atomic mass is 9.99. The lowest BCUT2D eigenvalue weighted by Crippen LogP contribution is -2.46. The number of nitrogens with zero attached hydrogens (tertiary/aromatic N) is 6. The number of anilines is 1. The monoisotopic (exact) mass is 540 g/mol. The summed E-state index contributed by atoms with van der Waals surface area (Å²) >= 11 is 0. The van der Waals surface area contributed by atoms with E-state index in [9.17, 15) is 10.4 Å². The molecule has 0 radical (unpaired) electrons. The number of methoxy groups -OCH3 is 1. The average Bonchev–Trinajstić information content (AvgIpc) is 3.49. The van der Waals surface area contributed by atoms with E-state index < -0.39 is 5.60 Å². The second-order valence-corrected chi connectivity index (χ2v) is 11.1. The smallest absolute Gasteiger partial charge is 0.213 e. The Bertz CT molecular complexity index is 1520. The normalized spacial score (nSPS) is 20.4. The number of aromatic nitrogens is 4. The Morgan fingerprint density at radius 1 is 1.05 bits per heavy atom. The quantitative estimate of drug-likeness (QED) is 0.347. The van der Waals surface area contributed by atoms with Crippen LogP contribution in [-0.4, -0.2) is 62.2 Å². The van der Waals surface area contributed by atoms with Crippen LogP contribution in [0.25, 0.3) is 16.6 Å².